The molecule has 14 heteroatoms. The summed E-state index contributed by atoms with van der Waals surface area (Å²) in [5, 5.41) is 16.0. The summed E-state index contributed by atoms with van der Waals surface area (Å²) in [5.41, 5.74) is 0.416. The molecule has 0 atom stereocenters. The van der Waals surface area contributed by atoms with Crippen LogP contribution < -0.4 is 0 Å². The number of carbonyl (C=O) groups is 1. The molecule has 0 radical (unpaired) electrons. The van der Waals surface area contributed by atoms with E-state index in [-0.39, 0.29) is 33.8 Å². The van der Waals surface area contributed by atoms with Crippen molar-refractivity contribution in [1.29, 1.82) is 0 Å². The van der Waals surface area contributed by atoms with Gasteiger partial charge in [-0.2, -0.15) is 21.1 Å². The highest BCUT2D eigenvalue weighted by molar-refractivity contribution is 7.99. The number of carbonyl (C=O) groups excluding carboxylic acids is 1. The van der Waals surface area contributed by atoms with Crippen LogP contribution in [0.5, 0.6) is 0 Å². The summed E-state index contributed by atoms with van der Waals surface area (Å²) in [7, 11) is -3.79. The number of hydrogen-bond acceptors (Lipinski definition) is 11. The summed E-state index contributed by atoms with van der Waals surface area (Å²) in [6.45, 7) is 0.437. The topological polar surface area (TPSA) is 146 Å². The molecule has 0 bridgehead atoms. The van der Waals surface area contributed by atoms with Crippen LogP contribution in [0.1, 0.15) is 15.6 Å². The molecule has 1 fully saturated rings. The van der Waals surface area contributed by atoms with Gasteiger partial charge in [0.15, 0.2) is 6.61 Å². The number of aromatic nitrogens is 2. The first-order chi connectivity index (χ1) is 15.4. The fourth-order valence-corrected chi connectivity index (χ4v) is 6.79. The van der Waals surface area contributed by atoms with Crippen molar-refractivity contribution in [3.05, 3.63) is 56.6 Å². The predicted octanol–water partition coefficient (Wildman–Crippen LogP) is 2.80. The van der Waals surface area contributed by atoms with Crippen molar-refractivity contribution < 1.29 is 27.4 Å². The molecule has 4 rings (SSSR count). The molecule has 168 valence electrons. The number of non-ortho nitro benzene ring substituents is 1. The number of nitrogens with zero attached hydrogens (tertiary/aromatic N) is 4. The van der Waals surface area contributed by atoms with Crippen LogP contribution in [0.4, 0.5) is 5.69 Å². The minimum atomic E-state index is -3.79. The van der Waals surface area contributed by atoms with Crippen LogP contribution in [0.2, 0.25) is 0 Å². The quantitative estimate of drug-likeness (QED) is 0.272. The van der Waals surface area contributed by atoms with E-state index in [4.69, 9.17) is 9.26 Å². The normalized spacial score (nSPS) is 14.9. The van der Waals surface area contributed by atoms with Crippen LogP contribution in [0, 0.1) is 10.1 Å². The number of ether oxygens (including phenoxy) is 1. The third-order valence-corrected chi connectivity index (χ3v) is 8.44. The molecular weight excluding hydrogens is 480 g/mol. The molecule has 0 unspecified atom stereocenters. The van der Waals surface area contributed by atoms with Crippen molar-refractivity contribution in [3.8, 4) is 11.4 Å². The van der Waals surface area contributed by atoms with E-state index >= 15 is 0 Å². The van der Waals surface area contributed by atoms with E-state index in [0.717, 1.165) is 11.3 Å². The summed E-state index contributed by atoms with van der Waals surface area (Å²) < 4.78 is 37.4. The first kappa shape index (κ1) is 22.4. The van der Waals surface area contributed by atoms with Crippen LogP contribution in [-0.4, -0.2) is 58.4 Å². The molecular formula is C18H16N4O7S3. The Morgan fingerprint density at radius 3 is 2.62 bits per heavy atom. The first-order valence-corrected chi connectivity index (χ1v) is 12.7. The molecule has 0 saturated carbocycles. The van der Waals surface area contributed by atoms with Crippen LogP contribution in [0.3, 0.4) is 0 Å². The van der Waals surface area contributed by atoms with Gasteiger partial charge in [-0.3, -0.25) is 10.1 Å². The fourth-order valence-electron chi connectivity index (χ4n) is 2.93. The van der Waals surface area contributed by atoms with Gasteiger partial charge in [0.25, 0.3) is 11.6 Å². The van der Waals surface area contributed by atoms with Gasteiger partial charge in [-0.1, -0.05) is 5.16 Å². The lowest BCUT2D eigenvalue weighted by molar-refractivity contribution is -0.384. The summed E-state index contributed by atoms with van der Waals surface area (Å²) >= 11 is 2.66. The van der Waals surface area contributed by atoms with Gasteiger partial charge in [-0.15, -0.1) is 11.3 Å². The Morgan fingerprint density at radius 2 is 1.94 bits per heavy atom. The SMILES string of the molecule is O=C(OCc1nc(-c2ccc([N+](=O)[O-])cc2)no1)c1sccc1S(=O)(=O)N1CCSCC1. The Hall–Kier alpha value is -2.81. The lowest BCUT2D eigenvalue weighted by atomic mass is 10.2. The van der Waals surface area contributed by atoms with Gasteiger partial charge in [0.1, 0.15) is 9.77 Å². The van der Waals surface area contributed by atoms with Crippen LogP contribution in [0.25, 0.3) is 11.4 Å². The molecule has 0 aliphatic carbocycles. The minimum Gasteiger partial charge on any atom is -0.451 e. The Labute approximate surface area is 190 Å². The lowest BCUT2D eigenvalue weighted by Gasteiger charge is -2.25. The average molecular weight is 497 g/mol. The van der Waals surface area contributed by atoms with Crippen LogP contribution >= 0.6 is 23.1 Å². The second-order valence-corrected chi connectivity index (χ2v) is 10.6. The molecule has 0 spiro atoms. The van der Waals surface area contributed by atoms with E-state index < -0.39 is 20.9 Å². The van der Waals surface area contributed by atoms with Gasteiger partial charge in [-0.25, -0.2) is 13.2 Å². The second-order valence-electron chi connectivity index (χ2n) is 6.52. The molecule has 2 aromatic heterocycles. The molecule has 1 saturated heterocycles. The van der Waals surface area contributed by atoms with Gasteiger partial charge in [0.2, 0.25) is 15.8 Å². The first-order valence-electron chi connectivity index (χ1n) is 9.26. The zero-order valence-corrected chi connectivity index (χ0v) is 18.8. The number of esters is 1. The maximum atomic E-state index is 12.9. The summed E-state index contributed by atoms with van der Waals surface area (Å²) in [4.78, 5) is 26.8. The third-order valence-electron chi connectivity index (χ3n) is 4.53. The van der Waals surface area contributed by atoms with Crippen molar-refractivity contribution in [2.45, 2.75) is 11.5 Å². The van der Waals surface area contributed by atoms with Crippen molar-refractivity contribution in [3.63, 3.8) is 0 Å². The smallest absolute Gasteiger partial charge is 0.350 e. The summed E-state index contributed by atoms with van der Waals surface area (Å²) in [6.07, 6.45) is 0. The van der Waals surface area contributed by atoms with E-state index in [0.29, 0.717) is 30.2 Å². The summed E-state index contributed by atoms with van der Waals surface area (Å²) in [5.74, 6) is 0.781. The number of nitro benzene ring substituents is 1. The number of thiophene rings is 1. The Kier molecular flexibility index (Phi) is 6.55. The maximum Gasteiger partial charge on any atom is 0.350 e. The Balaban J connectivity index is 1.43. The van der Waals surface area contributed by atoms with E-state index in [2.05, 4.69) is 10.1 Å². The molecule has 1 aromatic carbocycles. The molecule has 0 amide bonds. The molecule has 11 nitrogen and oxygen atoms in total. The van der Waals surface area contributed by atoms with Gasteiger partial charge in [0.05, 0.1) is 4.92 Å². The third kappa shape index (κ3) is 4.67. The number of benzene rings is 1. The average Bonchev–Trinajstić information content (AvgIpc) is 3.48. The Morgan fingerprint density at radius 1 is 1.22 bits per heavy atom. The largest absolute Gasteiger partial charge is 0.451 e. The number of thioether (sulfide) groups is 1. The second kappa shape index (κ2) is 9.36. The van der Waals surface area contributed by atoms with Gasteiger partial charge in [0, 0.05) is 42.3 Å². The minimum absolute atomic E-state index is 0.000668. The lowest BCUT2D eigenvalue weighted by Crippen LogP contribution is -2.38. The van der Waals surface area contributed by atoms with Gasteiger partial charge < -0.3 is 9.26 Å². The molecule has 1 aliphatic heterocycles. The summed E-state index contributed by atoms with van der Waals surface area (Å²) in [6, 6.07) is 6.97. The highest BCUT2D eigenvalue weighted by atomic mass is 32.2. The van der Waals surface area contributed by atoms with Gasteiger partial charge >= 0.3 is 5.97 Å². The molecule has 1 aliphatic rings. The highest BCUT2D eigenvalue weighted by Gasteiger charge is 2.31. The monoisotopic (exact) mass is 496 g/mol. The standard InChI is InChI=1S/C18H16N4O7S3/c23-18(16-14(5-8-31-16)32(26,27)21-6-9-30-10-7-21)28-11-15-19-17(20-29-15)12-1-3-13(4-2-12)22(24)25/h1-5,8H,6-7,9-11H2. The maximum absolute atomic E-state index is 12.9. The van der Waals surface area contributed by atoms with E-state index in [1.165, 1.54) is 40.0 Å². The molecule has 0 N–H and O–H groups in total. The van der Waals surface area contributed by atoms with Crippen molar-refractivity contribution in [1.82, 2.24) is 14.4 Å². The van der Waals surface area contributed by atoms with Crippen LogP contribution in [-0.2, 0) is 21.4 Å². The number of sulfonamides is 1. The highest BCUT2D eigenvalue weighted by Crippen LogP contribution is 2.28. The van der Waals surface area contributed by atoms with E-state index in [1.807, 2.05) is 0 Å². The van der Waals surface area contributed by atoms with Crippen LogP contribution in [0.15, 0.2) is 45.1 Å². The zero-order valence-electron chi connectivity index (χ0n) is 16.4. The number of hydrogen-bond donors (Lipinski definition) is 0. The number of nitro groups is 1. The van der Waals surface area contributed by atoms with Gasteiger partial charge in [-0.05, 0) is 23.6 Å². The van der Waals surface area contributed by atoms with E-state index in [9.17, 15) is 23.3 Å². The van der Waals surface area contributed by atoms with E-state index in [1.54, 1.807) is 11.8 Å². The number of rotatable bonds is 7. The van der Waals surface area contributed by atoms with Crippen molar-refractivity contribution in [2.24, 2.45) is 0 Å². The molecule has 3 aromatic rings. The Bertz CT molecular complexity index is 1230. The fraction of sp³-hybridized carbons (Fsp3) is 0.278. The molecule has 3 heterocycles. The zero-order chi connectivity index (χ0) is 22.7. The van der Waals surface area contributed by atoms with Crippen molar-refractivity contribution in [2.75, 3.05) is 24.6 Å². The predicted molar refractivity (Wildman–Crippen MR) is 116 cm³/mol. The molecule has 32 heavy (non-hydrogen) atoms. The van der Waals surface area contributed by atoms with Crippen molar-refractivity contribution >= 4 is 44.8 Å².